The second-order valence-corrected chi connectivity index (χ2v) is 4.08. The molecule has 4 heteroatoms. The lowest BCUT2D eigenvalue weighted by Crippen LogP contribution is -2.32. The summed E-state index contributed by atoms with van der Waals surface area (Å²) >= 11 is 0. The Labute approximate surface area is 83.5 Å². The summed E-state index contributed by atoms with van der Waals surface area (Å²) in [4.78, 5) is 0. The van der Waals surface area contributed by atoms with Crippen LogP contribution in [0.5, 0.6) is 0 Å². The third kappa shape index (κ3) is 1.55. The van der Waals surface area contributed by atoms with Crippen molar-refractivity contribution in [1.29, 1.82) is 0 Å². The molecule has 1 aliphatic heterocycles. The molecule has 1 saturated heterocycles. The Morgan fingerprint density at radius 3 is 3.00 bits per heavy atom. The summed E-state index contributed by atoms with van der Waals surface area (Å²) in [7, 11) is 1.85. The highest BCUT2D eigenvalue weighted by Gasteiger charge is 2.37. The molecule has 1 aromatic rings. The van der Waals surface area contributed by atoms with E-state index in [-0.39, 0.29) is 5.92 Å². The Hall–Kier alpha value is -0.870. The van der Waals surface area contributed by atoms with Crippen LogP contribution in [0.3, 0.4) is 0 Å². The van der Waals surface area contributed by atoms with E-state index in [0.717, 1.165) is 18.7 Å². The molecule has 1 N–H and O–H groups in total. The minimum absolute atomic E-state index is 0.164. The molecule has 2 unspecified atom stereocenters. The van der Waals surface area contributed by atoms with E-state index < -0.39 is 5.60 Å². The summed E-state index contributed by atoms with van der Waals surface area (Å²) in [6.07, 6.45) is 2.75. The number of rotatable bonds is 2. The van der Waals surface area contributed by atoms with Crippen molar-refractivity contribution in [1.82, 2.24) is 9.78 Å². The first-order valence-electron chi connectivity index (χ1n) is 4.91. The summed E-state index contributed by atoms with van der Waals surface area (Å²) in [6.45, 7) is 3.19. The average molecular weight is 196 g/mol. The van der Waals surface area contributed by atoms with E-state index in [1.165, 1.54) is 0 Å². The van der Waals surface area contributed by atoms with Gasteiger partial charge in [-0.05, 0) is 19.4 Å². The van der Waals surface area contributed by atoms with Crippen LogP contribution in [0.2, 0.25) is 0 Å². The van der Waals surface area contributed by atoms with Gasteiger partial charge in [-0.3, -0.25) is 4.68 Å². The number of hydrogen-bond donors (Lipinski definition) is 1. The van der Waals surface area contributed by atoms with Gasteiger partial charge in [0.2, 0.25) is 0 Å². The first kappa shape index (κ1) is 9.68. The maximum Gasteiger partial charge on any atom is 0.111 e. The van der Waals surface area contributed by atoms with Crippen LogP contribution in [0, 0.1) is 5.92 Å². The van der Waals surface area contributed by atoms with Crippen LogP contribution in [0.1, 0.15) is 19.0 Å². The van der Waals surface area contributed by atoms with Crippen LogP contribution in [0.15, 0.2) is 12.3 Å². The molecule has 1 aromatic heterocycles. The predicted octanol–water partition coefficient (Wildman–Crippen LogP) is 0.664. The largest absolute Gasteiger partial charge is 0.383 e. The molecule has 78 valence electrons. The summed E-state index contributed by atoms with van der Waals surface area (Å²) in [5.41, 5.74) is -0.131. The van der Waals surface area contributed by atoms with Gasteiger partial charge in [-0.2, -0.15) is 5.10 Å². The number of ether oxygens (including phenoxy) is 1. The Balaban J connectivity index is 2.22. The molecule has 1 aliphatic rings. The van der Waals surface area contributed by atoms with Crippen molar-refractivity contribution in [2.45, 2.75) is 18.9 Å². The first-order chi connectivity index (χ1) is 6.60. The lowest BCUT2D eigenvalue weighted by atomic mass is 9.86. The molecule has 4 nitrogen and oxygen atoms in total. The first-order valence-corrected chi connectivity index (χ1v) is 4.91. The minimum Gasteiger partial charge on any atom is -0.383 e. The maximum absolute atomic E-state index is 10.3. The average Bonchev–Trinajstić information content (AvgIpc) is 2.72. The molecule has 2 rings (SSSR count). The molecule has 14 heavy (non-hydrogen) atoms. The molecule has 0 saturated carbocycles. The highest BCUT2D eigenvalue weighted by Crippen LogP contribution is 2.33. The number of hydrogen-bond acceptors (Lipinski definition) is 3. The third-order valence-electron chi connectivity index (χ3n) is 2.96. The maximum atomic E-state index is 10.3. The molecule has 0 aliphatic carbocycles. The van der Waals surface area contributed by atoms with Crippen molar-refractivity contribution >= 4 is 0 Å². The van der Waals surface area contributed by atoms with Gasteiger partial charge in [0, 0.05) is 25.8 Å². The SMILES string of the molecule is Cn1ccc(C(C)(O)C2CCOC2)n1. The monoisotopic (exact) mass is 196 g/mol. The van der Waals surface area contributed by atoms with Crippen LogP contribution in [-0.2, 0) is 17.4 Å². The third-order valence-corrected chi connectivity index (χ3v) is 2.96. The van der Waals surface area contributed by atoms with Gasteiger partial charge in [0.05, 0.1) is 12.3 Å². The quantitative estimate of drug-likeness (QED) is 0.756. The smallest absolute Gasteiger partial charge is 0.111 e. The lowest BCUT2D eigenvalue weighted by molar-refractivity contribution is -0.0139. The van der Waals surface area contributed by atoms with E-state index in [1.807, 2.05) is 26.2 Å². The van der Waals surface area contributed by atoms with Crippen LogP contribution >= 0.6 is 0 Å². The van der Waals surface area contributed by atoms with E-state index in [0.29, 0.717) is 6.61 Å². The fraction of sp³-hybridized carbons (Fsp3) is 0.700. The van der Waals surface area contributed by atoms with Crippen molar-refractivity contribution in [2.24, 2.45) is 13.0 Å². The number of aryl methyl sites for hydroxylation is 1. The van der Waals surface area contributed by atoms with Gasteiger partial charge in [-0.15, -0.1) is 0 Å². The molecule has 0 bridgehead atoms. The zero-order chi connectivity index (χ0) is 10.2. The van der Waals surface area contributed by atoms with E-state index in [1.54, 1.807) is 4.68 Å². The van der Waals surface area contributed by atoms with Crippen LogP contribution in [0.25, 0.3) is 0 Å². The van der Waals surface area contributed by atoms with Gasteiger partial charge in [-0.1, -0.05) is 0 Å². The number of nitrogens with zero attached hydrogens (tertiary/aromatic N) is 2. The zero-order valence-corrected chi connectivity index (χ0v) is 8.60. The molecular weight excluding hydrogens is 180 g/mol. The fourth-order valence-electron chi connectivity index (χ4n) is 1.87. The Morgan fingerprint density at radius 2 is 2.50 bits per heavy atom. The van der Waals surface area contributed by atoms with Crippen LogP contribution in [0.4, 0.5) is 0 Å². The Bertz CT molecular complexity index is 314. The van der Waals surface area contributed by atoms with Crippen molar-refractivity contribution in [3.8, 4) is 0 Å². The van der Waals surface area contributed by atoms with Crippen molar-refractivity contribution in [2.75, 3.05) is 13.2 Å². The van der Waals surface area contributed by atoms with Gasteiger partial charge >= 0.3 is 0 Å². The van der Waals surface area contributed by atoms with Crippen LogP contribution in [-0.4, -0.2) is 28.1 Å². The van der Waals surface area contributed by atoms with E-state index >= 15 is 0 Å². The number of aliphatic hydroxyl groups is 1. The molecule has 0 aromatic carbocycles. The molecular formula is C10H16N2O2. The molecule has 2 heterocycles. The number of aromatic nitrogens is 2. The fourth-order valence-corrected chi connectivity index (χ4v) is 1.87. The van der Waals surface area contributed by atoms with Gasteiger partial charge in [-0.25, -0.2) is 0 Å². The second-order valence-electron chi connectivity index (χ2n) is 4.08. The molecule has 0 amide bonds. The van der Waals surface area contributed by atoms with Crippen LogP contribution < -0.4 is 0 Å². The second kappa shape index (κ2) is 3.37. The van der Waals surface area contributed by atoms with E-state index in [9.17, 15) is 5.11 Å². The summed E-state index contributed by atoms with van der Waals surface area (Å²) in [5, 5.41) is 14.6. The topological polar surface area (TPSA) is 47.3 Å². The summed E-state index contributed by atoms with van der Waals surface area (Å²) < 4.78 is 6.99. The van der Waals surface area contributed by atoms with Crippen molar-refractivity contribution < 1.29 is 9.84 Å². The lowest BCUT2D eigenvalue weighted by Gasteiger charge is -2.26. The van der Waals surface area contributed by atoms with Gasteiger partial charge < -0.3 is 9.84 Å². The van der Waals surface area contributed by atoms with Gasteiger partial charge in [0.1, 0.15) is 5.60 Å². The van der Waals surface area contributed by atoms with Crippen molar-refractivity contribution in [3.05, 3.63) is 18.0 Å². The van der Waals surface area contributed by atoms with E-state index in [2.05, 4.69) is 5.10 Å². The van der Waals surface area contributed by atoms with Crippen molar-refractivity contribution in [3.63, 3.8) is 0 Å². The van der Waals surface area contributed by atoms with E-state index in [4.69, 9.17) is 4.74 Å². The molecule has 0 spiro atoms. The summed E-state index contributed by atoms with van der Waals surface area (Å²) in [6, 6.07) is 1.86. The molecule has 0 radical (unpaired) electrons. The predicted molar refractivity (Wildman–Crippen MR) is 51.7 cm³/mol. The molecule has 1 fully saturated rings. The van der Waals surface area contributed by atoms with Gasteiger partial charge in [0.15, 0.2) is 0 Å². The Morgan fingerprint density at radius 1 is 1.71 bits per heavy atom. The standard InChI is InChI=1S/C10H16N2O2/c1-10(13,8-4-6-14-7-8)9-3-5-12(2)11-9/h3,5,8,13H,4,6-7H2,1-2H3. The highest BCUT2D eigenvalue weighted by atomic mass is 16.5. The zero-order valence-electron chi connectivity index (χ0n) is 8.60. The molecule has 2 atom stereocenters. The van der Waals surface area contributed by atoms with Gasteiger partial charge in [0.25, 0.3) is 0 Å². The Kier molecular flexibility index (Phi) is 2.33. The highest BCUT2D eigenvalue weighted by molar-refractivity contribution is 5.11. The minimum atomic E-state index is -0.863. The summed E-state index contributed by atoms with van der Waals surface area (Å²) in [5.74, 6) is 0.164. The normalized spacial score (nSPS) is 26.4.